The van der Waals surface area contributed by atoms with Crippen LogP contribution in [0.1, 0.15) is 11.1 Å². The van der Waals surface area contributed by atoms with Gasteiger partial charge in [0.05, 0.1) is 0 Å². The smallest absolute Gasteiger partial charge is 0.119 e. The fourth-order valence-corrected chi connectivity index (χ4v) is 2.59. The average molecular weight is 264 g/mol. The van der Waals surface area contributed by atoms with E-state index in [0.29, 0.717) is 11.4 Å². The van der Waals surface area contributed by atoms with Gasteiger partial charge in [-0.2, -0.15) is 5.26 Å². The molecule has 0 saturated carbocycles. The summed E-state index contributed by atoms with van der Waals surface area (Å²) in [5.41, 5.74) is 12.0. The highest BCUT2D eigenvalue weighted by molar-refractivity contribution is 5.69. The molecule has 3 N–H and O–H groups in total. The first kappa shape index (κ1) is 12.4. The summed E-state index contributed by atoms with van der Waals surface area (Å²) < 4.78 is 0. The van der Waals surface area contributed by atoms with Gasteiger partial charge in [-0.05, 0) is 36.6 Å². The van der Waals surface area contributed by atoms with E-state index in [1.807, 2.05) is 12.4 Å². The SMILES string of the molecule is Cc1ccc(C)c(N2C=C3C(=CNC(N)=C3C#N)C2)c1. The minimum Gasteiger partial charge on any atom is -0.384 e. The minimum absolute atomic E-state index is 0.422. The maximum Gasteiger partial charge on any atom is 0.119 e. The topological polar surface area (TPSA) is 65.1 Å². The Labute approximate surface area is 118 Å². The van der Waals surface area contributed by atoms with Crippen LogP contribution in [0.15, 0.2) is 53.1 Å². The van der Waals surface area contributed by atoms with Crippen LogP contribution in [0.3, 0.4) is 0 Å². The molecule has 0 radical (unpaired) electrons. The summed E-state index contributed by atoms with van der Waals surface area (Å²) in [5.74, 6) is 0.422. The first-order valence-electron chi connectivity index (χ1n) is 6.52. The maximum absolute atomic E-state index is 9.25. The van der Waals surface area contributed by atoms with Crippen LogP contribution in [0, 0.1) is 25.2 Å². The Morgan fingerprint density at radius 2 is 2.15 bits per heavy atom. The van der Waals surface area contributed by atoms with E-state index in [0.717, 1.165) is 17.7 Å². The first-order chi connectivity index (χ1) is 9.60. The Bertz CT molecular complexity index is 716. The number of nitrogens with zero attached hydrogens (tertiary/aromatic N) is 2. The molecule has 0 unspecified atom stereocenters. The number of hydrogen-bond acceptors (Lipinski definition) is 4. The van der Waals surface area contributed by atoms with Gasteiger partial charge in [0.2, 0.25) is 0 Å². The van der Waals surface area contributed by atoms with E-state index in [-0.39, 0.29) is 0 Å². The molecule has 1 aromatic rings. The molecule has 20 heavy (non-hydrogen) atoms. The summed E-state index contributed by atoms with van der Waals surface area (Å²) in [6.07, 6.45) is 3.90. The van der Waals surface area contributed by atoms with Crippen LogP contribution in [0.25, 0.3) is 0 Å². The predicted molar refractivity (Wildman–Crippen MR) is 79.4 cm³/mol. The van der Waals surface area contributed by atoms with Crippen LogP contribution in [-0.4, -0.2) is 6.54 Å². The second kappa shape index (κ2) is 4.46. The Kier molecular flexibility index (Phi) is 2.76. The van der Waals surface area contributed by atoms with Crippen LogP contribution >= 0.6 is 0 Å². The third kappa shape index (κ3) is 1.84. The van der Waals surface area contributed by atoms with Gasteiger partial charge in [-0.3, -0.25) is 0 Å². The monoisotopic (exact) mass is 264 g/mol. The largest absolute Gasteiger partial charge is 0.384 e. The quantitative estimate of drug-likeness (QED) is 0.816. The Morgan fingerprint density at radius 3 is 2.90 bits per heavy atom. The first-order valence-corrected chi connectivity index (χ1v) is 6.52. The van der Waals surface area contributed by atoms with Crippen molar-refractivity contribution in [3.8, 4) is 6.07 Å². The molecule has 2 aliphatic heterocycles. The van der Waals surface area contributed by atoms with Gasteiger partial charge in [0, 0.05) is 30.2 Å². The maximum atomic E-state index is 9.25. The summed E-state index contributed by atoms with van der Waals surface area (Å²) in [4.78, 5) is 2.17. The van der Waals surface area contributed by atoms with Gasteiger partial charge in [0.25, 0.3) is 0 Å². The van der Waals surface area contributed by atoms with Gasteiger partial charge in [0.1, 0.15) is 17.5 Å². The highest BCUT2D eigenvalue weighted by Gasteiger charge is 2.27. The van der Waals surface area contributed by atoms with Crippen molar-refractivity contribution in [2.75, 3.05) is 11.4 Å². The summed E-state index contributed by atoms with van der Waals surface area (Å²) in [5, 5.41) is 12.2. The lowest BCUT2D eigenvalue weighted by Gasteiger charge is -2.19. The number of fused-ring (bicyclic) bond motifs is 1. The second-order valence-electron chi connectivity index (χ2n) is 5.18. The number of hydrogen-bond donors (Lipinski definition) is 2. The van der Waals surface area contributed by atoms with Crippen molar-refractivity contribution >= 4 is 5.69 Å². The van der Waals surface area contributed by atoms with Crippen molar-refractivity contribution in [2.45, 2.75) is 13.8 Å². The van der Waals surface area contributed by atoms with E-state index < -0.39 is 0 Å². The number of anilines is 1. The Balaban J connectivity index is 2.05. The summed E-state index contributed by atoms with van der Waals surface area (Å²) in [7, 11) is 0. The van der Waals surface area contributed by atoms with Crippen molar-refractivity contribution in [1.82, 2.24) is 5.32 Å². The van der Waals surface area contributed by atoms with Gasteiger partial charge in [0.15, 0.2) is 0 Å². The van der Waals surface area contributed by atoms with Crippen molar-refractivity contribution in [3.05, 3.63) is 64.3 Å². The van der Waals surface area contributed by atoms with Crippen molar-refractivity contribution in [3.63, 3.8) is 0 Å². The molecule has 0 bridgehead atoms. The van der Waals surface area contributed by atoms with E-state index in [2.05, 4.69) is 48.3 Å². The number of dihydropyridines is 1. The van der Waals surface area contributed by atoms with Gasteiger partial charge >= 0.3 is 0 Å². The van der Waals surface area contributed by atoms with E-state index in [1.54, 1.807) is 0 Å². The van der Waals surface area contributed by atoms with Gasteiger partial charge < -0.3 is 16.0 Å². The summed E-state index contributed by atoms with van der Waals surface area (Å²) >= 11 is 0. The molecule has 0 aliphatic carbocycles. The fourth-order valence-electron chi connectivity index (χ4n) is 2.59. The average Bonchev–Trinajstić information content (AvgIpc) is 2.85. The Morgan fingerprint density at radius 1 is 1.35 bits per heavy atom. The fraction of sp³-hybridized carbons (Fsp3) is 0.188. The van der Waals surface area contributed by atoms with Crippen LogP contribution in [-0.2, 0) is 0 Å². The molecule has 0 amide bonds. The molecular weight excluding hydrogens is 248 g/mol. The lowest BCUT2D eigenvalue weighted by Crippen LogP contribution is -2.22. The van der Waals surface area contributed by atoms with Gasteiger partial charge in [-0.15, -0.1) is 0 Å². The minimum atomic E-state index is 0.422. The molecule has 100 valence electrons. The third-order valence-electron chi connectivity index (χ3n) is 3.70. The zero-order chi connectivity index (χ0) is 14.3. The molecule has 2 heterocycles. The second-order valence-corrected chi connectivity index (χ2v) is 5.18. The molecule has 0 saturated heterocycles. The molecular formula is C16H16N4. The number of nitriles is 1. The van der Waals surface area contributed by atoms with E-state index in [9.17, 15) is 5.26 Å². The molecule has 0 fully saturated rings. The van der Waals surface area contributed by atoms with E-state index >= 15 is 0 Å². The summed E-state index contributed by atoms with van der Waals surface area (Å²) in [6, 6.07) is 8.57. The molecule has 0 spiro atoms. The number of aryl methyl sites for hydroxylation is 2. The number of allylic oxidation sites excluding steroid dienone is 1. The number of nitrogens with one attached hydrogen (secondary N) is 1. The summed E-state index contributed by atoms with van der Waals surface area (Å²) in [6.45, 7) is 4.93. The standard InChI is InChI=1S/C16H16N4/c1-10-3-4-11(2)15(5-10)20-8-12-7-19-16(18)13(6-17)14(12)9-20/h3-5,7,9,19H,8,18H2,1-2H3. The highest BCUT2D eigenvalue weighted by atomic mass is 15.1. The normalized spacial score (nSPS) is 17.1. The number of benzene rings is 1. The molecule has 4 nitrogen and oxygen atoms in total. The lowest BCUT2D eigenvalue weighted by molar-refractivity contribution is 0.961. The Hall–Kier alpha value is -2.67. The van der Waals surface area contributed by atoms with Crippen molar-refractivity contribution in [2.24, 2.45) is 5.73 Å². The number of rotatable bonds is 1. The van der Waals surface area contributed by atoms with Gasteiger partial charge in [-0.1, -0.05) is 12.1 Å². The van der Waals surface area contributed by atoms with Crippen LogP contribution in [0.5, 0.6) is 0 Å². The van der Waals surface area contributed by atoms with Crippen molar-refractivity contribution in [1.29, 1.82) is 5.26 Å². The van der Waals surface area contributed by atoms with Crippen LogP contribution in [0.4, 0.5) is 5.69 Å². The number of nitrogens with two attached hydrogens (primary N) is 1. The zero-order valence-electron chi connectivity index (χ0n) is 11.6. The molecule has 4 heteroatoms. The van der Waals surface area contributed by atoms with Crippen molar-refractivity contribution < 1.29 is 0 Å². The molecule has 2 aliphatic rings. The molecule has 0 aromatic heterocycles. The zero-order valence-corrected chi connectivity index (χ0v) is 11.6. The molecule has 1 aromatic carbocycles. The third-order valence-corrected chi connectivity index (χ3v) is 3.70. The molecule has 0 atom stereocenters. The van der Waals surface area contributed by atoms with Crippen LogP contribution in [0.2, 0.25) is 0 Å². The van der Waals surface area contributed by atoms with E-state index in [1.165, 1.54) is 16.8 Å². The van der Waals surface area contributed by atoms with Gasteiger partial charge in [-0.25, -0.2) is 0 Å². The predicted octanol–water partition coefficient (Wildman–Crippen LogP) is 2.19. The highest BCUT2D eigenvalue weighted by Crippen LogP contribution is 2.34. The molecule has 3 rings (SSSR count). The van der Waals surface area contributed by atoms with E-state index in [4.69, 9.17) is 5.73 Å². The lowest BCUT2D eigenvalue weighted by atomic mass is 10.0. The van der Waals surface area contributed by atoms with Crippen LogP contribution < -0.4 is 16.0 Å².